The topological polar surface area (TPSA) is 75.7 Å². The van der Waals surface area contributed by atoms with Crippen molar-refractivity contribution >= 4 is 23.5 Å². The monoisotopic (exact) mass is 404 g/mol. The molecule has 1 fully saturated rings. The molecule has 0 saturated carbocycles. The second kappa shape index (κ2) is 6.91. The predicted octanol–water partition coefficient (Wildman–Crippen LogP) is 3.50. The summed E-state index contributed by atoms with van der Waals surface area (Å²) in [5, 5.41) is 2.27. The van der Waals surface area contributed by atoms with Crippen LogP contribution in [0.3, 0.4) is 0 Å². The minimum atomic E-state index is -4.64. The molecule has 0 aromatic heterocycles. The van der Waals surface area contributed by atoms with E-state index in [4.69, 9.17) is 4.74 Å². The molecule has 2 amide bonds. The van der Waals surface area contributed by atoms with E-state index >= 15 is 0 Å². The van der Waals surface area contributed by atoms with Crippen LogP contribution < -0.4 is 5.32 Å². The van der Waals surface area contributed by atoms with Gasteiger partial charge in [0.05, 0.1) is 16.8 Å². The quantitative estimate of drug-likeness (QED) is 0.795. The molecule has 9 heteroatoms. The van der Waals surface area contributed by atoms with Crippen LogP contribution in [0.5, 0.6) is 0 Å². The molecule has 2 aliphatic heterocycles. The molecule has 2 aromatic carbocycles. The minimum absolute atomic E-state index is 0.0230. The second-order valence-corrected chi connectivity index (χ2v) is 6.73. The van der Waals surface area contributed by atoms with E-state index in [1.54, 1.807) is 24.3 Å². The molecular formula is C20H15F3N2O4. The molecule has 0 aliphatic carbocycles. The van der Waals surface area contributed by atoms with E-state index in [9.17, 15) is 27.6 Å². The number of para-hydroxylation sites is 1. The van der Waals surface area contributed by atoms with E-state index in [-0.39, 0.29) is 12.8 Å². The smallest absolute Gasteiger partial charge is 0.418 e. The van der Waals surface area contributed by atoms with Crippen LogP contribution in [0.25, 0.3) is 0 Å². The fourth-order valence-electron chi connectivity index (χ4n) is 3.64. The third-order valence-corrected chi connectivity index (χ3v) is 4.97. The van der Waals surface area contributed by atoms with Crippen molar-refractivity contribution in [3.63, 3.8) is 0 Å². The Labute approximate surface area is 163 Å². The Morgan fingerprint density at radius 3 is 2.52 bits per heavy atom. The number of anilines is 1. The Morgan fingerprint density at radius 1 is 1.07 bits per heavy atom. The summed E-state index contributed by atoms with van der Waals surface area (Å²) in [6.45, 7) is 0. The lowest BCUT2D eigenvalue weighted by atomic mass is 10.1. The number of likely N-dealkylation sites (tertiary alicyclic amines) is 1. The zero-order valence-electron chi connectivity index (χ0n) is 14.9. The molecule has 2 heterocycles. The van der Waals surface area contributed by atoms with Crippen LogP contribution >= 0.6 is 0 Å². The number of nitrogens with one attached hydrogen (secondary N) is 1. The molecule has 2 atom stereocenters. The first-order chi connectivity index (χ1) is 13.8. The first-order valence-electron chi connectivity index (χ1n) is 8.85. The zero-order chi connectivity index (χ0) is 20.8. The van der Waals surface area contributed by atoms with Gasteiger partial charge in [-0.1, -0.05) is 30.3 Å². The Balaban J connectivity index is 1.62. The highest BCUT2D eigenvalue weighted by Crippen LogP contribution is 2.39. The number of alkyl halides is 3. The van der Waals surface area contributed by atoms with Crippen LogP contribution in [0.2, 0.25) is 0 Å². The number of carbonyl (C=O) groups is 3. The van der Waals surface area contributed by atoms with Gasteiger partial charge in [0.2, 0.25) is 18.0 Å². The van der Waals surface area contributed by atoms with Crippen molar-refractivity contribution < 1.29 is 32.3 Å². The number of benzene rings is 2. The highest BCUT2D eigenvalue weighted by molar-refractivity contribution is 6.00. The second-order valence-electron chi connectivity index (χ2n) is 6.73. The highest BCUT2D eigenvalue weighted by atomic mass is 19.4. The van der Waals surface area contributed by atoms with E-state index in [2.05, 4.69) is 5.32 Å². The molecule has 0 bridgehead atoms. The number of nitrogens with zero attached hydrogens (tertiary/aromatic N) is 1. The zero-order valence-corrected chi connectivity index (χ0v) is 14.9. The first-order valence-corrected chi connectivity index (χ1v) is 8.85. The van der Waals surface area contributed by atoms with Crippen molar-refractivity contribution in [3.05, 3.63) is 65.2 Å². The number of halogens is 3. The van der Waals surface area contributed by atoms with Crippen molar-refractivity contribution in [2.75, 3.05) is 5.32 Å². The van der Waals surface area contributed by atoms with E-state index in [0.717, 1.165) is 17.0 Å². The molecule has 2 aromatic rings. The maximum Gasteiger partial charge on any atom is 0.418 e. The summed E-state index contributed by atoms with van der Waals surface area (Å²) >= 11 is 0. The van der Waals surface area contributed by atoms with Crippen molar-refractivity contribution in [2.45, 2.75) is 31.3 Å². The number of ether oxygens (including phenoxy) is 1. The summed E-state index contributed by atoms with van der Waals surface area (Å²) in [6, 6.07) is 10.0. The Bertz CT molecular complexity index is 1010. The number of rotatable bonds is 3. The fraction of sp³-hybridized carbons (Fsp3) is 0.250. The van der Waals surface area contributed by atoms with Gasteiger partial charge in [-0.05, 0) is 24.6 Å². The van der Waals surface area contributed by atoms with Gasteiger partial charge in [0, 0.05) is 12.0 Å². The maximum atomic E-state index is 13.2. The van der Waals surface area contributed by atoms with Crippen molar-refractivity contribution in [1.82, 2.24) is 4.90 Å². The maximum absolute atomic E-state index is 13.2. The summed E-state index contributed by atoms with van der Waals surface area (Å²) in [6.07, 6.45) is -5.60. The molecule has 4 rings (SSSR count). The van der Waals surface area contributed by atoms with Crippen molar-refractivity contribution in [2.24, 2.45) is 0 Å². The van der Waals surface area contributed by atoms with E-state index in [1.807, 2.05) is 0 Å². The molecule has 2 unspecified atom stereocenters. The van der Waals surface area contributed by atoms with Crippen molar-refractivity contribution in [1.29, 1.82) is 0 Å². The molecule has 150 valence electrons. The van der Waals surface area contributed by atoms with Crippen LogP contribution in [0.1, 0.15) is 40.6 Å². The molecular weight excluding hydrogens is 389 g/mol. The van der Waals surface area contributed by atoms with Gasteiger partial charge in [-0.2, -0.15) is 13.2 Å². The van der Waals surface area contributed by atoms with Gasteiger partial charge in [0.25, 0.3) is 0 Å². The molecule has 1 N–H and O–H groups in total. The Morgan fingerprint density at radius 2 is 1.76 bits per heavy atom. The van der Waals surface area contributed by atoms with Crippen LogP contribution in [-0.2, 0) is 20.5 Å². The third kappa shape index (κ3) is 3.32. The summed E-state index contributed by atoms with van der Waals surface area (Å²) in [4.78, 5) is 38.4. The van der Waals surface area contributed by atoms with Gasteiger partial charge < -0.3 is 10.1 Å². The average molecular weight is 404 g/mol. The van der Waals surface area contributed by atoms with Gasteiger partial charge in [-0.15, -0.1) is 0 Å². The number of hydrogen-bond donors (Lipinski definition) is 1. The normalized spacial score (nSPS) is 21.1. The van der Waals surface area contributed by atoms with Gasteiger partial charge >= 0.3 is 12.1 Å². The highest BCUT2D eigenvalue weighted by Gasteiger charge is 2.46. The summed E-state index contributed by atoms with van der Waals surface area (Å²) in [5.74, 6) is -1.80. The Kier molecular flexibility index (Phi) is 4.52. The van der Waals surface area contributed by atoms with Gasteiger partial charge in [0.1, 0.15) is 6.04 Å². The van der Waals surface area contributed by atoms with Crippen LogP contribution in [0.15, 0.2) is 48.5 Å². The van der Waals surface area contributed by atoms with E-state index < -0.39 is 47.5 Å². The third-order valence-electron chi connectivity index (χ3n) is 4.97. The Hall–Kier alpha value is -3.36. The standard InChI is InChI=1S/C20H15F3N2O4/c21-20(22,23)13-7-3-4-8-14(13)24-17(27)15-9-10-16(26)25(15)18-11-5-1-2-6-12(11)19(28)29-18/h1-8,15,18H,9-10H2,(H,24,27). The number of amides is 2. The lowest BCUT2D eigenvalue weighted by Crippen LogP contribution is -2.44. The summed E-state index contributed by atoms with van der Waals surface area (Å²) in [7, 11) is 0. The molecule has 1 saturated heterocycles. The SMILES string of the molecule is O=C1OC(N2C(=O)CCC2C(=O)Nc2ccccc2C(F)(F)F)c2ccccc21. The summed E-state index contributed by atoms with van der Waals surface area (Å²) in [5.41, 5.74) is -0.644. The summed E-state index contributed by atoms with van der Waals surface area (Å²) < 4.78 is 44.9. The molecule has 2 aliphatic rings. The number of esters is 1. The average Bonchev–Trinajstić information content (AvgIpc) is 3.21. The minimum Gasteiger partial charge on any atom is -0.433 e. The van der Waals surface area contributed by atoms with Crippen LogP contribution in [0, 0.1) is 0 Å². The van der Waals surface area contributed by atoms with Crippen LogP contribution in [-0.4, -0.2) is 28.7 Å². The number of hydrogen-bond acceptors (Lipinski definition) is 4. The predicted molar refractivity (Wildman–Crippen MR) is 94.5 cm³/mol. The van der Waals surface area contributed by atoms with E-state index in [1.165, 1.54) is 12.1 Å². The van der Waals surface area contributed by atoms with Crippen LogP contribution in [0.4, 0.5) is 18.9 Å². The first kappa shape index (κ1) is 19.0. The molecule has 0 radical (unpaired) electrons. The number of carbonyl (C=O) groups excluding carboxylic acids is 3. The molecule has 29 heavy (non-hydrogen) atoms. The lowest BCUT2D eigenvalue weighted by molar-refractivity contribution is -0.144. The lowest BCUT2D eigenvalue weighted by Gasteiger charge is -2.29. The fourth-order valence-corrected chi connectivity index (χ4v) is 3.64. The number of fused-ring (bicyclic) bond motifs is 1. The molecule has 0 spiro atoms. The van der Waals surface area contributed by atoms with Gasteiger partial charge in [-0.3, -0.25) is 14.5 Å². The van der Waals surface area contributed by atoms with Gasteiger partial charge in [0.15, 0.2) is 0 Å². The number of cyclic esters (lactones) is 1. The largest absolute Gasteiger partial charge is 0.433 e. The molecule has 6 nitrogen and oxygen atoms in total. The van der Waals surface area contributed by atoms with E-state index in [0.29, 0.717) is 11.1 Å². The van der Waals surface area contributed by atoms with Crippen molar-refractivity contribution in [3.8, 4) is 0 Å². The van der Waals surface area contributed by atoms with Gasteiger partial charge in [-0.25, -0.2) is 4.79 Å².